The molecule has 1 aromatic carbocycles. The molecule has 0 bridgehead atoms. The highest BCUT2D eigenvalue weighted by atomic mass is 16.4. The van der Waals surface area contributed by atoms with Crippen molar-refractivity contribution in [1.82, 2.24) is 16.0 Å². The van der Waals surface area contributed by atoms with Gasteiger partial charge in [0.05, 0.1) is 12.5 Å². The van der Waals surface area contributed by atoms with Gasteiger partial charge < -0.3 is 54.2 Å². The van der Waals surface area contributed by atoms with Crippen LogP contribution in [0.5, 0.6) is 5.75 Å². The minimum atomic E-state index is -1.58. The molecule has 41 heavy (non-hydrogen) atoms. The number of carbonyl (C=O) groups is 6. The van der Waals surface area contributed by atoms with Gasteiger partial charge in [0.15, 0.2) is 5.96 Å². The summed E-state index contributed by atoms with van der Waals surface area (Å²) in [6.45, 7) is 0.110. The van der Waals surface area contributed by atoms with Crippen molar-refractivity contribution in [2.45, 2.75) is 62.7 Å². The van der Waals surface area contributed by atoms with Crippen molar-refractivity contribution in [1.29, 1.82) is 0 Å². The number of carboxylic acids is 2. The number of rotatable bonds is 18. The molecule has 0 fully saturated rings. The Morgan fingerprint density at radius 2 is 1.37 bits per heavy atom. The number of aromatic hydroxyl groups is 1. The van der Waals surface area contributed by atoms with Crippen LogP contribution in [-0.2, 0) is 35.2 Å². The van der Waals surface area contributed by atoms with Crippen LogP contribution < -0.4 is 38.9 Å². The highest BCUT2D eigenvalue weighted by Crippen LogP contribution is 2.12. The van der Waals surface area contributed by atoms with Gasteiger partial charge in [-0.05, 0) is 37.0 Å². The van der Waals surface area contributed by atoms with Crippen LogP contribution in [0.1, 0.15) is 37.7 Å². The Kier molecular flexibility index (Phi) is 14.1. The Labute approximate surface area is 234 Å². The fourth-order valence-corrected chi connectivity index (χ4v) is 3.48. The second-order valence-electron chi connectivity index (χ2n) is 9.05. The van der Waals surface area contributed by atoms with Crippen LogP contribution in [0.15, 0.2) is 29.3 Å². The van der Waals surface area contributed by atoms with Gasteiger partial charge in [0.25, 0.3) is 0 Å². The molecule has 1 aromatic rings. The van der Waals surface area contributed by atoms with Gasteiger partial charge in [0.2, 0.25) is 23.6 Å². The molecule has 4 amide bonds. The van der Waals surface area contributed by atoms with E-state index in [0.717, 1.165) is 0 Å². The first-order valence-corrected chi connectivity index (χ1v) is 12.4. The largest absolute Gasteiger partial charge is 0.508 e. The number of aliphatic carboxylic acids is 2. The van der Waals surface area contributed by atoms with Crippen LogP contribution in [0.2, 0.25) is 0 Å². The van der Waals surface area contributed by atoms with E-state index in [1.165, 1.54) is 24.3 Å². The molecular weight excluding hydrogens is 544 g/mol. The van der Waals surface area contributed by atoms with E-state index in [0.29, 0.717) is 5.56 Å². The summed E-state index contributed by atoms with van der Waals surface area (Å²) in [6, 6.07) is -0.0640. The van der Waals surface area contributed by atoms with Crippen LogP contribution in [-0.4, -0.2) is 87.6 Å². The molecule has 0 aliphatic heterocycles. The van der Waals surface area contributed by atoms with Crippen molar-refractivity contribution < 1.29 is 44.1 Å². The summed E-state index contributed by atoms with van der Waals surface area (Å²) in [5.41, 5.74) is 21.8. The van der Waals surface area contributed by atoms with E-state index in [-0.39, 0.29) is 43.9 Å². The van der Waals surface area contributed by atoms with Crippen LogP contribution in [0, 0.1) is 0 Å². The molecule has 1 rings (SSSR count). The number of hydrogen-bond donors (Lipinski definition) is 10. The maximum atomic E-state index is 13.2. The Morgan fingerprint density at radius 1 is 0.805 bits per heavy atom. The summed E-state index contributed by atoms with van der Waals surface area (Å²) >= 11 is 0. The number of nitrogens with two attached hydrogens (primary N) is 4. The van der Waals surface area contributed by atoms with Gasteiger partial charge >= 0.3 is 11.9 Å². The van der Waals surface area contributed by atoms with Crippen LogP contribution in [0.3, 0.4) is 0 Å². The fourth-order valence-electron chi connectivity index (χ4n) is 3.48. The molecule has 17 heteroatoms. The molecular formula is C24H36N8O9. The molecule has 0 saturated heterocycles. The quantitative estimate of drug-likeness (QED) is 0.0461. The number of aliphatic imine (C=N–C) groups is 1. The van der Waals surface area contributed by atoms with Crippen molar-refractivity contribution in [3.63, 3.8) is 0 Å². The number of benzene rings is 1. The number of guanidine groups is 1. The SMILES string of the molecule is NC(=O)CC(NC(=O)C(N)CCC(=O)O)C(=O)NC(Cc1ccc(O)cc1)C(=O)NC(CCCN=C(N)N)C(=O)O. The molecule has 0 spiro atoms. The molecule has 0 heterocycles. The summed E-state index contributed by atoms with van der Waals surface area (Å²) in [5, 5.41) is 34.9. The summed E-state index contributed by atoms with van der Waals surface area (Å²) < 4.78 is 0. The van der Waals surface area contributed by atoms with E-state index >= 15 is 0 Å². The zero-order chi connectivity index (χ0) is 31.1. The Morgan fingerprint density at radius 3 is 1.90 bits per heavy atom. The highest BCUT2D eigenvalue weighted by molar-refractivity contribution is 5.96. The maximum absolute atomic E-state index is 13.2. The number of phenolic OH excluding ortho intramolecular Hbond substituents is 1. The van der Waals surface area contributed by atoms with Gasteiger partial charge in [-0.25, -0.2) is 4.79 Å². The van der Waals surface area contributed by atoms with E-state index < -0.39 is 72.6 Å². The standard InChI is InChI=1S/C24H36N8O9/c25-14(7-8-19(35)36)20(37)31-17(11-18(26)34)22(39)32-16(10-12-3-5-13(33)6-4-12)21(38)30-15(23(40)41)2-1-9-29-24(27)28/h3-6,14-17,33H,1-2,7-11,25H2,(H2,26,34)(H,30,38)(H,31,37)(H,32,39)(H,35,36)(H,40,41)(H4,27,28,29). The van der Waals surface area contributed by atoms with Gasteiger partial charge in [-0.3, -0.25) is 29.0 Å². The number of carboxylic acid groups (broad SMARTS) is 2. The van der Waals surface area contributed by atoms with E-state index in [1.54, 1.807) is 0 Å². The molecule has 4 unspecified atom stereocenters. The monoisotopic (exact) mass is 580 g/mol. The van der Waals surface area contributed by atoms with Crippen LogP contribution in [0.4, 0.5) is 0 Å². The maximum Gasteiger partial charge on any atom is 0.326 e. The summed E-state index contributed by atoms with van der Waals surface area (Å²) in [4.78, 5) is 76.6. The summed E-state index contributed by atoms with van der Waals surface area (Å²) in [6.07, 6.45) is -1.37. The topological polar surface area (TPSA) is 316 Å². The van der Waals surface area contributed by atoms with Gasteiger partial charge in [-0.15, -0.1) is 0 Å². The van der Waals surface area contributed by atoms with E-state index in [2.05, 4.69) is 20.9 Å². The lowest BCUT2D eigenvalue weighted by atomic mass is 10.0. The van der Waals surface area contributed by atoms with Crippen molar-refractivity contribution in [2.75, 3.05) is 6.54 Å². The highest BCUT2D eigenvalue weighted by Gasteiger charge is 2.31. The predicted molar refractivity (Wildman–Crippen MR) is 144 cm³/mol. The van der Waals surface area contributed by atoms with Crippen molar-refractivity contribution in [3.05, 3.63) is 29.8 Å². The molecule has 226 valence electrons. The molecule has 0 aliphatic carbocycles. The van der Waals surface area contributed by atoms with E-state index in [4.69, 9.17) is 28.0 Å². The van der Waals surface area contributed by atoms with Crippen molar-refractivity contribution in [3.8, 4) is 5.75 Å². The molecule has 14 N–H and O–H groups in total. The third kappa shape index (κ3) is 13.6. The Hall–Kier alpha value is -4.93. The zero-order valence-corrected chi connectivity index (χ0v) is 22.1. The number of nitrogens with zero attached hydrogens (tertiary/aromatic N) is 1. The number of hydrogen-bond acceptors (Lipinski definition) is 9. The van der Waals surface area contributed by atoms with E-state index in [1.807, 2.05) is 0 Å². The minimum absolute atomic E-state index is 0.0493. The van der Waals surface area contributed by atoms with Gasteiger partial charge in [-0.1, -0.05) is 12.1 Å². The van der Waals surface area contributed by atoms with Crippen LogP contribution >= 0.6 is 0 Å². The number of primary amides is 1. The third-order valence-electron chi connectivity index (χ3n) is 5.61. The third-order valence-corrected chi connectivity index (χ3v) is 5.61. The number of amides is 4. The molecule has 0 aliphatic rings. The lowest BCUT2D eigenvalue weighted by Crippen LogP contribution is -2.58. The van der Waals surface area contributed by atoms with Gasteiger partial charge in [0, 0.05) is 19.4 Å². The zero-order valence-electron chi connectivity index (χ0n) is 22.1. The summed E-state index contributed by atoms with van der Waals surface area (Å²) in [7, 11) is 0. The average Bonchev–Trinajstić information content (AvgIpc) is 2.88. The van der Waals surface area contributed by atoms with Crippen molar-refractivity contribution in [2.24, 2.45) is 27.9 Å². The molecule has 0 radical (unpaired) electrons. The normalized spacial score (nSPS) is 13.5. The summed E-state index contributed by atoms with van der Waals surface area (Å²) in [5.74, 6) is -6.61. The van der Waals surface area contributed by atoms with E-state index in [9.17, 15) is 39.0 Å². The first-order chi connectivity index (χ1) is 19.2. The first-order valence-electron chi connectivity index (χ1n) is 12.4. The van der Waals surface area contributed by atoms with Gasteiger partial charge in [-0.2, -0.15) is 0 Å². The van der Waals surface area contributed by atoms with Crippen molar-refractivity contribution >= 4 is 41.5 Å². The first kappa shape index (κ1) is 34.1. The number of phenols is 1. The Bertz CT molecular complexity index is 1120. The van der Waals surface area contributed by atoms with Crippen LogP contribution in [0.25, 0.3) is 0 Å². The lowest BCUT2D eigenvalue weighted by molar-refractivity contribution is -0.142. The number of carbonyl (C=O) groups excluding carboxylic acids is 4. The fraction of sp³-hybridized carbons (Fsp3) is 0.458. The smallest absolute Gasteiger partial charge is 0.326 e. The minimum Gasteiger partial charge on any atom is -0.508 e. The predicted octanol–water partition coefficient (Wildman–Crippen LogP) is -3.41. The van der Waals surface area contributed by atoms with Gasteiger partial charge in [0.1, 0.15) is 23.9 Å². The second-order valence-corrected chi connectivity index (χ2v) is 9.05. The molecule has 4 atom stereocenters. The average molecular weight is 581 g/mol. The number of nitrogens with one attached hydrogen (secondary N) is 3. The molecule has 17 nitrogen and oxygen atoms in total. The Balaban J connectivity index is 3.13. The lowest BCUT2D eigenvalue weighted by Gasteiger charge is -2.25. The second kappa shape index (κ2) is 16.9. The molecule has 0 aromatic heterocycles. The molecule has 0 saturated carbocycles.